The molecule has 140 valence electrons. The minimum Gasteiger partial charge on any atom is -0.369 e. The van der Waals surface area contributed by atoms with E-state index in [1.807, 2.05) is 47.4 Å². The topological polar surface area (TPSA) is 68.4 Å². The van der Waals surface area contributed by atoms with Crippen LogP contribution in [0.25, 0.3) is 16.6 Å². The summed E-state index contributed by atoms with van der Waals surface area (Å²) in [6.07, 6.45) is 7.34. The van der Waals surface area contributed by atoms with Crippen LogP contribution >= 0.6 is 0 Å². The van der Waals surface area contributed by atoms with Gasteiger partial charge >= 0.3 is 0 Å². The van der Waals surface area contributed by atoms with Crippen molar-refractivity contribution in [1.29, 1.82) is 0 Å². The SMILES string of the molecule is c1ccc(CN2CCO[C@H](c3nnn4cc(-c5cccnc5)ccc34)C2)nc1. The first kappa shape index (κ1) is 17.0. The first-order chi connectivity index (χ1) is 13.9. The van der Waals surface area contributed by atoms with Gasteiger partial charge in [-0.2, -0.15) is 0 Å². The van der Waals surface area contributed by atoms with Crippen LogP contribution in [-0.4, -0.2) is 49.4 Å². The summed E-state index contributed by atoms with van der Waals surface area (Å²) in [4.78, 5) is 11.0. The van der Waals surface area contributed by atoms with Crippen molar-refractivity contribution in [3.63, 3.8) is 0 Å². The minimum absolute atomic E-state index is 0.0980. The smallest absolute Gasteiger partial charge is 0.121 e. The third-order valence-corrected chi connectivity index (χ3v) is 5.00. The van der Waals surface area contributed by atoms with Crippen LogP contribution in [0, 0.1) is 0 Å². The summed E-state index contributed by atoms with van der Waals surface area (Å²) in [7, 11) is 0. The lowest BCUT2D eigenvalue weighted by molar-refractivity contribution is -0.0346. The molecular weight excluding hydrogens is 352 g/mol. The molecular formula is C21H20N6O. The molecule has 4 aromatic rings. The van der Waals surface area contributed by atoms with E-state index in [0.29, 0.717) is 6.61 Å². The number of hydrogen-bond acceptors (Lipinski definition) is 6. The Labute approximate surface area is 162 Å². The second-order valence-electron chi connectivity index (χ2n) is 6.88. The molecule has 1 saturated heterocycles. The van der Waals surface area contributed by atoms with Crippen LogP contribution in [0.2, 0.25) is 0 Å². The average molecular weight is 372 g/mol. The maximum Gasteiger partial charge on any atom is 0.121 e. The number of aromatic nitrogens is 5. The molecule has 28 heavy (non-hydrogen) atoms. The van der Waals surface area contributed by atoms with Crippen LogP contribution in [0.3, 0.4) is 0 Å². The van der Waals surface area contributed by atoms with E-state index < -0.39 is 0 Å². The molecule has 7 heteroatoms. The van der Waals surface area contributed by atoms with Gasteiger partial charge in [0.1, 0.15) is 11.8 Å². The van der Waals surface area contributed by atoms with Gasteiger partial charge in [-0.1, -0.05) is 23.4 Å². The molecule has 5 heterocycles. The molecule has 1 aliphatic rings. The van der Waals surface area contributed by atoms with E-state index in [9.17, 15) is 0 Å². The Bertz CT molecular complexity index is 1070. The van der Waals surface area contributed by atoms with Gasteiger partial charge < -0.3 is 4.74 Å². The summed E-state index contributed by atoms with van der Waals surface area (Å²) < 4.78 is 7.84. The fourth-order valence-corrected chi connectivity index (χ4v) is 3.58. The summed E-state index contributed by atoms with van der Waals surface area (Å²) in [5, 5.41) is 8.75. The summed E-state index contributed by atoms with van der Waals surface area (Å²) in [6, 6.07) is 14.1. The molecule has 0 bridgehead atoms. The van der Waals surface area contributed by atoms with Gasteiger partial charge in [0, 0.05) is 55.5 Å². The third-order valence-electron chi connectivity index (χ3n) is 5.00. The third kappa shape index (κ3) is 3.37. The Kier molecular flexibility index (Phi) is 4.52. The Morgan fingerprint density at radius 2 is 2.04 bits per heavy atom. The maximum atomic E-state index is 6.03. The van der Waals surface area contributed by atoms with E-state index >= 15 is 0 Å². The summed E-state index contributed by atoms with van der Waals surface area (Å²) >= 11 is 0. The van der Waals surface area contributed by atoms with E-state index in [1.54, 1.807) is 6.20 Å². The second kappa shape index (κ2) is 7.46. The van der Waals surface area contributed by atoms with Gasteiger partial charge in [0.25, 0.3) is 0 Å². The molecule has 0 amide bonds. The van der Waals surface area contributed by atoms with E-state index in [-0.39, 0.29) is 6.10 Å². The minimum atomic E-state index is -0.0980. The van der Waals surface area contributed by atoms with Crippen molar-refractivity contribution in [2.24, 2.45) is 0 Å². The van der Waals surface area contributed by atoms with Crippen LogP contribution in [0.4, 0.5) is 0 Å². The fraction of sp³-hybridized carbons (Fsp3) is 0.238. The number of morpholine rings is 1. The molecule has 7 nitrogen and oxygen atoms in total. The second-order valence-corrected chi connectivity index (χ2v) is 6.88. The van der Waals surface area contributed by atoms with Crippen molar-refractivity contribution in [3.05, 3.63) is 78.6 Å². The molecule has 0 aromatic carbocycles. The number of hydrogen-bond donors (Lipinski definition) is 0. The highest BCUT2D eigenvalue weighted by Gasteiger charge is 2.26. The molecule has 1 fully saturated rings. The highest BCUT2D eigenvalue weighted by molar-refractivity contribution is 5.65. The fourth-order valence-electron chi connectivity index (χ4n) is 3.58. The van der Waals surface area contributed by atoms with E-state index in [0.717, 1.165) is 47.7 Å². The van der Waals surface area contributed by atoms with E-state index in [2.05, 4.69) is 43.4 Å². The molecule has 5 rings (SSSR count). The van der Waals surface area contributed by atoms with Crippen molar-refractivity contribution < 1.29 is 4.74 Å². The zero-order chi connectivity index (χ0) is 18.8. The van der Waals surface area contributed by atoms with Gasteiger partial charge in [-0.3, -0.25) is 14.9 Å². The molecule has 0 spiro atoms. The number of pyridine rings is 3. The van der Waals surface area contributed by atoms with Crippen molar-refractivity contribution in [2.45, 2.75) is 12.6 Å². The Morgan fingerprint density at radius 1 is 1.04 bits per heavy atom. The maximum absolute atomic E-state index is 6.03. The van der Waals surface area contributed by atoms with Crippen LogP contribution in [0.5, 0.6) is 0 Å². The first-order valence-corrected chi connectivity index (χ1v) is 9.36. The highest BCUT2D eigenvalue weighted by Crippen LogP contribution is 2.26. The van der Waals surface area contributed by atoms with Crippen LogP contribution in [0.1, 0.15) is 17.5 Å². The van der Waals surface area contributed by atoms with E-state index in [4.69, 9.17) is 4.74 Å². The first-order valence-electron chi connectivity index (χ1n) is 9.36. The van der Waals surface area contributed by atoms with Crippen molar-refractivity contribution in [1.82, 2.24) is 29.7 Å². The molecule has 0 N–H and O–H groups in total. The van der Waals surface area contributed by atoms with E-state index in [1.165, 1.54) is 0 Å². The standard InChI is InChI=1S/C21H20N6O/c1-2-9-23-18(5-1)14-26-10-11-28-20(15-26)21-19-7-6-17(13-27(19)25-24-21)16-4-3-8-22-12-16/h1-9,12-13,20H,10-11,14-15H2/t20-/m0/s1. The summed E-state index contributed by atoms with van der Waals surface area (Å²) in [6.45, 7) is 3.14. The molecule has 1 aliphatic heterocycles. The molecule has 0 unspecified atom stereocenters. The normalized spacial score (nSPS) is 17.8. The van der Waals surface area contributed by atoms with Crippen LogP contribution in [0.15, 0.2) is 67.3 Å². The van der Waals surface area contributed by atoms with Crippen molar-refractivity contribution in [3.8, 4) is 11.1 Å². The van der Waals surface area contributed by atoms with Crippen molar-refractivity contribution >= 4 is 5.52 Å². The largest absolute Gasteiger partial charge is 0.369 e. The Morgan fingerprint density at radius 3 is 2.89 bits per heavy atom. The number of fused-ring (bicyclic) bond motifs is 1. The molecule has 4 aromatic heterocycles. The Hall–Kier alpha value is -3.16. The van der Waals surface area contributed by atoms with Crippen LogP contribution < -0.4 is 0 Å². The van der Waals surface area contributed by atoms with Gasteiger partial charge in [0.05, 0.1) is 17.8 Å². The number of nitrogens with zero attached hydrogens (tertiary/aromatic N) is 6. The predicted molar refractivity (Wildman–Crippen MR) is 104 cm³/mol. The predicted octanol–water partition coefficient (Wildman–Crippen LogP) is 2.76. The van der Waals surface area contributed by atoms with Gasteiger partial charge in [0.2, 0.25) is 0 Å². The zero-order valence-corrected chi connectivity index (χ0v) is 15.3. The lowest BCUT2D eigenvalue weighted by Crippen LogP contribution is -2.38. The van der Waals surface area contributed by atoms with Gasteiger partial charge in [0.15, 0.2) is 0 Å². The lowest BCUT2D eigenvalue weighted by atomic mass is 10.1. The van der Waals surface area contributed by atoms with Gasteiger partial charge in [-0.15, -0.1) is 5.10 Å². The monoisotopic (exact) mass is 372 g/mol. The van der Waals surface area contributed by atoms with Crippen LogP contribution in [-0.2, 0) is 11.3 Å². The molecule has 0 radical (unpaired) electrons. The van der Waals surface area contributed by atoms with Crippen molar-refractivity contribution in [2.75, 3.05) is 19.7 Å². The molecule has 0 saturated carbocycles. The number of ether oxygens (including phenoxy) is 1. The Balaban J connectivity index is 1.38. The van der Waals surface area contributed by atoms with Gasteiger partial charge in [-0.05, 0) is 24.3 Å². The molecule has 1 atom stereocenters. The average Bonchev–Trinajstić information content (AvgIpc) is 3.19. The lowest BCUT2D eigenvalue weighted by Gasteiger charge is -2.31. The number of rotatable bonds is 4. The zero-order valence-electron chi connectivity index (χ0n) is 15.3. The highest BCUT2D eigenvalue weighted by atomic mass is 16.5. The summed E-state index contributed by atoms with van der Waals surface area (Å²) in [5.41, 5.74) is 5.02. The van der Waals surface area contributed by atoms with Gasteiger partial charge in [-0.25, -0.2) is 4.52 Å². The summed E-state index contributed by atoms with van der Waals surface area (Å²) in [5.74, 6) is 0. The molecule has 0 aliphatic carbocycles. The quantitative estimate of drug-likeness (QED) is 0.549.